The summed E-state index contributed by atoms with van der Waals surface area (Å²) >= 11 is 12.0. The maximum Gasteiger partial charge on any atom is 0.246 e. The zero-order chi connectivity index (χ0) is 21.6. The first-order chi connectivity index (χ1) is 15.1. The van der Waals surface area contributed by atoms with Gasteiger partial charge in [0.2, 0.25) is 11.9 Å². The maximum absolute atomic E-state index is 12.5. The molecule has 31 heavy (non-hydrogen) atoms. The van der Waals surface area contributed by atoms with Gasteiger partial charge in [0.25, 0.3) is 0 Å². The third-order valence-electron chi connectivity index (χ3n) is 4.46. The summed E-state index contributed by atoms with van der Waals surface area (Å²) in [5.41, 5.74) is 3.94. The Labute approximate surface area is 190 Å². The number of amides is 1. The SMILES string of the molecule is O=C(CNc1cccc(Cl)c1)Nc1nc(-c2ccccc2)cc(-c2ccc(Cl)cc2)n1. The average molecular weight is 449 g/mol. The van der Waals surface area contributed by atoms with E-state index in [0.717, 1.165) is 16.8 Å². The molecule has 4 aromatic rings. The molecule has 3 aromatic carbocycles. The lowest BCUT2D eigenvalue weighted by Crippen LogP contribution is -2.23. The first kappa shape index (κ1) is 20.8. The van der Waals surface area contributed by atoms with E-state index in [1.807, 2.05) is 60.7 Å². The van der Waals surface area contributed by atoms with Crippen LogP contribution in [0.2, 0.25) is 10.0 Å². The fourth-order valence-electron chi connectivity index (χ4n) is 2.98. The van der Waals surface area contributed by atoms with E-state index in [1.54, 1.807) is 24.3 Å². The third-order valence-corrected chi connectivity index (χ3v) is 4.95. The smallest absolute Gasteiger partial charge is 0.246 e. The van der Waals surface area contributed by atoms with E-state index in [1.165, 1.54) is 0 Å². The maximum atomic E-state index is 12.5. The lowest BCUT2D eigenvalue weighted by molar-refractivity contribution is -0.114. The third kappa shape index (κ3) is 5.60. The fourth-order valence-corrected chi connectivity index (χ4v) is 3.29. The molecule has 5 nitrogen and oxygen atoms in total. The Kier molecular flexibility index (Phi) is 6.46. The topological polar surface area (TPSA) is 66.9 Å². The number of aromatic nitrogens is 2. The standard InChI is InChI=1S/C24H18Cl2N4O/c25-18-11-9-17(10-12-18)22-14-21(16-5-2-1-3-6-16)28-24(29-22)30-23(31)15-27-20-8-4-7-19(26)13-20/h1-14,27H,15H2,(H,28,29,30,31). The number of benzene rings is 3. The van der Waals surface area contributed by atoms with Crippen molar-refractivity contribution in [2.75, 3.05) is 17.2 Å². The van der Waals surface area contributed by atoms with Gasteiger partial charge in [-0.15, -0.1) is 0 Å². The Morgan fingerprint density at radius 1 is 0.742 bits per heavy atom. The van der Waals surface area contributed by atoms with Gasteiger partial charge in [-0.05, 0) is 36.4 Å². The summed E-state index contributed by atoms with van der Waals surface area (Å²) < 4.78 is 0. The second kappa shape index (κ2) is 9.60. The van der Waals surface area contributed by atoms with Gasteiger partial charge < -0.3 is 5.32 Å². The Balaban J connectivity index is 1.59. The molecule has 7 heteroatoms. The molecule has 0 bridgehead atoms. The van der Waals surface area contributed by atoms with Gasteiger partial charge in [0, 0.05) is 26.9 Å². The molecule has 4 rings (SSSR count). The highest BCUT2D eigenvalue weighted by Crippen LogP contribution is 2.26. The molecule has 1 heterocycles. The van der Waals surface area contributed by atoms with E-state index < -0.39 is 0 Å². The Hall–Kier alpha value is -3.41. The number of anilines is 2. The minimum absolute atomic E-state index is 0.0511. The van der Waals surface area contributed by atoms with Crippen LogP contribution in [0.5, 0.6) is 0 Å². The normalized spacial score (nSPS) is 10.5. The molecule has 2 N–H and O–H groups in total. The molecule has 0 radical (unpaired) electrons. The van der Waals surface area contributed by atoms with Crippen LogP contribution >= 0.6 is 23.2 Å². The zero-order valence-corrected chi connectivity index (χ0v) is 17.9. The van der Waals surface area contributed by atoms with Gasteiger partial charge in [0.15, 0.2) is 0 Å². The van der Waals surface area contributed by atoms with Gasteiger partial charge in [-0.25, -0.2) is 9.97 Å². The summed E-state index contributed by atoms with van der Waals surface area (Å²) in [6.45, 7) is 0.0511. The van der Waals surface area contributed by atoms with Gasteiger partial charge >= 0.3 is 0 Å². The van der Waals surface area contributed by atoms with Gasteiger partial charge in [0.1, 0.15) is 0 Å². The first-order valence-corrected chi connectivity index (χ1v) is 10.3. The average Bonchev–Trinajstić information content (AvgIpc) is 2.79. The summed E-state index contributed by atoms with van der Waals surface area (Å²) in [5.74, 6) is -0.0450. The molecule has 0 aliphatic carbocycles. The van der Waals surface area contributed by atoms with E-state index in [2.05, 4.69) is 20.6 Å². The van der Waals surface area contributed by atoms with Crippen molar-refractivity contribution in [1.82, 2.24) is 9.97 Å². The van der Waals surface area contributed by atoms with Crippen LogP contribution in [0.3, 0.4) is 0 Å². The van der Waals surface area contributed by atoms with Gasteiger partial charge in [-0.2, -0.15) is 0 Å². The van der Waals surface area contributed by atoms with Crippen LogP contribution in [0, 0.1) is 0 Å². The predicted octanol–water partition coefficient (Wildman–Crippen LogP) is 6.17. The van der Waals surface area contributed by atoms with Crippen molar-refractivity contribution in [2.45, 2.75) is 0 Å². The molecule has 1 amide bonds. The van der Waals surface area contributed by atoms with Crippen molar-refractivity contribution >= 4 is 40.7 Å². The zero-order valence-electron chi connectivity index (χ0n) is 16.3. The van der Waals surface area contributed by atoms with Crippen molar-refractivity contribution < 1.29 is 4.79 Å². The van der Waals surface area contributed by atoms with E-state index >= 15 is 0 Å². The molecule has 1 aromatic heterocycles. The van der Waals surface area contributed by atoms with Crippen LogP contribution in [0.1, 0.15) is 0 Å². The number of hydrogen-bond acceptors (Lipinski definition) is 4. The van der Waals surface area contributed by atoms with Crippen molar-refractivity contribution in [3.63, 3.8) is 0 Å². The Morgan fingerprint density at radius 3 is 2.10 bits per heavy atom. The molecule has 0 unspecified atom stereocenters. The fraction of sp³-hybridized carbons (Fsp3) is 0.0417. The van der Waals surface area contributed by atoms with E-state index in [9.17, 15) is 4.79 Å². The molecular weight excluding hydrogens is 431 g/mol. The molecule has 0 spiro atoms. The number of rotatable bonds is 6. The number of carbonyl (C=O) groups is 1. The van der Waals surface area contributed by atoms with E-state index in [-0.39, 0.29) is 18.4 Å². The quantitative estimate of drug-likeness (QED) is 0.370. The summed E-state index contributed by atoms with van der Waals surface area (Å²) in [7, 11) is 0. The van der Waals surface area contributed by atoms with Crippen LogP contribution < -0.4 is 10.6 Å². The highest BCUT2D eigenvalue weighted by molar-refractivity contribution is 6.31. The van der Waals surface area contributed by atoms with Crippen LogP contribution in [0.25, 0.3) is 22.5 Å². The van der Waals surface area contributed by atoms with Gasteiger partial charge in [-0.1, -0.05) is 71.7 Å². The molecule has 0 saturated carbocycles. The summed E-state index contributed by atoms with van der Waals surface area (Å²) in [6, 6.07) is 26.2. The Bertz CT molecular complexity index is 1200. The lowest BCUT2D eigenvalue weighted by Gasteiger charge is -2.11. The number of halogens is 2. The van der Waals surface area contributed by atoms with Crippen LogP contribution in [-0.4, -0.2) is 22.4 Å². The van der Waals surface area contributed by atoms with E-state index in [0.29, 0.717) is 21.4 Å². The second-order valence-electron chi connectivity index (χ2n) is 6.75. The van der Waals surface area contributed by atoms with Gasteiger partial charge in [0.05, 0.1) is 17.9 Å². The lowest BCUT2D eigenvalue weighted by atomic mass is 10.1. The Morgan fingerprint density at radius 2 is 1.42 bits per heavy atom. The van der Waals surface area contributed by atoms with Crippen LogP contribution in [0.4, 0.5) is 11.6 Å². The summed E-state index contributed by atoms with van der Waals surface area (Å²) in [4.78, 5) is 21.6. The van der Waals surface area contributed by atoms with Crippen molar-refractivity contribution in [2.24, 2.45) is 0 Å². The largest absolute Gasteiger partial charge is 0.376 e. The molecule has 0 saturated heterocycles. The van der Waals surface area contributed by atoms with Crippen molar-refractivity contribution in [1.29, 1.82) is 0 Å². The highest BCUT2D eigenvalue weighted by atomic mass is 35.5. The number of nitrogens with zero attached hydrogens (tertiary/aromatic N) is 2. The van der Waals surface area contributed by atoms with Crippen LogP contribution in [0.15, 0.2) is 84.9 Å². The minimum atomic E-state index is -0.271. The van der Waals surface area contributed by atoms with Gasteiger partial charge in [-0.3, -0.25) is 10.1 Å². The molecule has 0 atom stereocenters. The summed E-state index contributed by atoms with van der Waals surface area (Å²) in [6.07, 6.45) is 0. The molecule has 0 fully saturated rings. The molecule has 0 aliphatic rings. The monoisotopic (exact) mass is 448 g/mol. The van der Waals surface area contributed by atoms with Crippen LogP contribution in [-0.2, 0) is 4.79 Å². The minimum Gasteiger partial charge on any atom is -0.376 e. The van der Waals surface area contributed by atoms with Crippen molar-refractivity contribution in [3.05, 3.63) is 95.0 Å². The number of hydrogen-bond donors (Lipinski definition) is 2. The highest BCUT2D eigenvalue weighted by Gasteiger charge is 2.11. The molecule has 0 aliphatic heterocycles. The first-order valence-electron chi connectivity index (χ1n) is 9.56. The second-order valence-corrected chi connectivity index (χ2v) is 7.62. The van der Waals surface area contributed by atoms with Crippen molar-refractivity contribution in [3.8, 4) is 22.5 Å². The molecule has 154 valence electrons. The predicted molar refractivity (Wildman–Crippen MR) is 126 cm³/mol. The van der Waals surface area contributed by atoms with E-state index in [4.69, 9.17) is 23.2 Å². The molecular formula is C24H18Cl2N4O. The summed E-state index contributed by atoms with van der Waals surface area (Å²) in [5, 5.41) is 7.05. The number of nitrogens with one attached hydrogen (secondary N) is 2. The number of carbonyl (C=O) groups excluding carboxylic acids is 1.